The molecule has 0 fully saturated rings. The minimum atomic E-state index is 1.05. The van der Waals surface area contributed by atoms with Gasteiger partial charge < -0.3 is 23.5 Å². The Morgan fingerprint density at radius 2 is 0.398 bits per heavy atom. The first-order valence-electron chi connectivity index (χ1n) is 28.4. The van der Waals surface area contributed by atoms with Crippen LogP contribution in [0.4, 0.5) is 34.1 Å². The van der Waals surface area contributed by atoms with Gasteiger partial charge in [-0.1, -0.05) is 176 Å². The fourth-order valence-electron chi connectivity index (χ4n) is 13.0. The highest BCUT2D eigenvalue weighted by Gasteiger charge is 2.22. The lowest BCUT2D eigenvalue weighted by molar-refractivity contribution is 1.17. The van der Waals surface area contributed by atoms with E-state index in [1.165, 1.54) is 32.6 Å². The van der Waals surface area contributed by atoms with Crippen molar-refractivity contribution < 1.29 is 0 Å². The quantitative estimate of drug-likeness (QED) is 0.144. The van der Waals surface area contributed by atoms with Crippen molar-refractivity contribution in [2.45, 2.75) is 0 Å². The standard InChI is InChI=1S/C78H53N5/c1-6-24-54(25-7-1)79(61-44-48-77-71(52-61)67-36-18-22-40-75(67)82(77)57-30-12-4-13-31-57)59-42-46-63-64-47-43-60(51-70(64)66-35-17-21-39-74(66)81(56-28-10-3-11-29-56)73-38-20-16-34-65(73)69(63)50-59)80(55-26-8-2-9-27-55)62-45-49-78-72(53-62)68-37-19-23-41-76(68)83(78)58-32-14-5-15-33-58/h1-53H. The molecule has 13 aromatic carbocycles. The van der Waals surface area contributed by atoms with E-state index in [1.807, 2.05) is 0 Å². The van der Waals surface area contributed by atoms with Crippen molar-refractivity contribution in [1.82, 2.24) is 13.7 Å². The van der Waals surface area contributed by atoms with Gasteiger partial charge in [-0.25, -0.2) is 0 Å². The first-order chi connectivity index (χ1) is 41.2. The van der Waals surface area contributed by atoms with Gasteiger partial charge in [0, 0.05) is 83.5 Å². The van der Waals surface area contributed by atoms with E-state index in [1.54, 1.807) is 0 Å². The lowest BCUT2D eigenvalue weighted by Crippen LogP contribution is -2.10. The number of nitrogens with zero attached hydrogens (tertiary/aromatic N) is 5. The average molecular weight is 1060 g/mol. The number of hydrogen-bond acceptors (Lipinski definition) is 2. The summed E-state index contributed by atoms with van der Waals surface area (Å²) >= 11 is 0. The van der Waals surface area contributed by atoms with E-state index < -0.39 is 0 Å². The predicted octanol–water partition coefficient (Wildman–Crippen LogP) is 21.3. The molecular formula is C78H53N5. The lowest BCUT2D eigenvalue weighted by Gasteiger charge is -2.26. The molecule has 0 radical (unpaired) electrons. The molecule has 0 bridgehead atoms. The number of hydrogen-bond donors (Lipinski definition) is 0. The Bertz CT molecular complexity index is 4890. The van der Waals surface area contributed by atoms with E-state index in [0.717, 1.165) is 106 Å². The number of rotatable bonds is 9. The Balaban J connectivity index is 0.976. The minimum absolute atomic E-state index is 1.05. The van der Waals surface area contributed by atoms with Gasteiger partial charge in [-0.2, -0.15) is 0 Å². The van der Waals surface area contributed by atoms with Crippen LogP contribution in [0.25, 0.3) is 104 Å². The fourth-order valence-corrected chi connectivity index (χ4v) is 13.0. The first-order valence-corrected chi connectivity index (χ1v) is 28.4. The predicted molar refractivity (Wildman–Crippen MR) is 351 cm³/mol. The zero-order valence-corrected chi connectivity index (χ0v) is 45.3. The first kappa shape index (κ1) is 47.8. The number of benzene rings is 13. The Labute approximate surface area is 480 Å². The SMILES string of the molecule is c1ccc(N(c2ccc3c4ccc(N(c5ccccc5)c5ccc6c(c5)c5ccccc5n6-c5ccccc5)cc4c4ccccc4n(-c4ccccc4)c4ccccc4c3c2)c2ccc3c(c2)c2ccccc2n3-c2ccccc2)cc1. The smallest absolute Gasteiger partial charge is 0.0542 e. The fraction of sp³-hybridized carbons (Fsp3) is 0. The monoisotopic (exact) mass is 1060 g/mol. The molecule has 390 valence electrons. The molecule has 0 aliphatic carbocycles. The maximum Gasteiger partial charge on any atom is 0.0542 e. The molecule has 83 heavy (non-hydrogen) atoms. The summed E-state index contributed by atoms with van der Waals surface area (Å²) in [7, 11) is 0. The summed E-state index contributed by atoms with van der Waals surface area (Å²) in [5.41, 5.74) is 16.6. The highest BCUT2D eigenvalue weighted by molar-refractivity contribution is 6.21. The van der Waals surface area contributed by atoms with E-state index in [2.05, 4.69) is 345 Å². The molecule has 0 aliphatic rings. The molecule has 3 aromatic heterocycles. The van der Waals surface area contributed by atoms with E-state index in [-0.39, 0.29) is 0 Å². The van der Waals surface area contributed by atoms with E-state index in [4.69, 9.17) is 0 Å². The van der Waals surface area contributed by atoms with Gasteiger partial charge in [0.1, 0.15) is 0 Å². The van der Waals surface area contributed by atoms with Crippen LogP contribution in [-0.2, 0) is 0 Å². The van der Waals surface area contributed by atoms with E-state index in [9.17, 15) is 0 Å². The molecule has 16 aromatic rings. The second kappa shape index (κ2) is 19.9. The van der Waals surface area contributed by atoms with Crippen LogP contribution in [0.2, 0.25) is 0 Å². The van der Waals surface area contributed by atoms with Gasteiger partial charge in [0.05, 0.1) is 33.1 Å². The molecule has 16 rings (SSSR count). The molecule has 3 heterocycles. The lowest BCUT2D eigenvalue weighted by atomic mass is 9.99. The van der Waals surface area contributed by atoms with E-state index >= 15 is 0 Å². The van der Waals surface area contributed by atoms with Crippen LogP contribution in [0.5, 0.6) is 0 Å². The van der Waals surface area contributed by atoms with Crippen molar-refractivity contribution in [1.29, 1.82) is 0 Å². The zero-order valence-electron chi connectivity index (χ0n) is 45.3. The summed E-state index contributed by atoms with van der Waals surface area (Å²) in [5, 5.41) is 11.6. The number of aromatic nitrogens is 3. The summed E-state index contributed by atoms with van der Waals surface area (Å²) in [6.45, 7) is 0. The molecule has 5 heteroatoms. The molecule has 0 saturated heterocycles. The largest absolute Gasteiger partial charge is 0.310 e. The molecule has 5 nitrogen and oxygen atoms in total. The third-order valence-electron chi connectivity index (χ3n) is 16.6. The Morgan fingerprint density at radius 1 is 0.157 bits per heavy atom. The maximum absolute atomic E-state index is 2.46. The van der Waals surface area contributed by atoms with Gasteiger partial charge in [0.15, 0.2) is 0 Å². The van der Waals surface area contributed by atoms with Crippen molar-refractivity contribution in [2.24, 2.45) is 0 Å². The molecule has 0 spiro atoms. The topological polar surface area (TPSA) is 21.3 Å². The van der Waals surface area contributed by atoms with Crippen LogP contribution in [0.1, 0.15) is 0 Å². The zero-order chi connectivity index (χ0) is 54.8. The number of para-hydroxylation sites is 9. The Morgan fingerprint density at radius 3 is 0.723 bits per heavy atom. The third-order valence-corrected chi connectivity index (χ3v) is 16.6. The molecule has 0 amide bonds. The maximum atomic E-state index is 2.46. The second-order valence-corrected chi connectivity index (χ2v) is 21.3. The van der Waals surface area contributed by atoms with Crippen molar-refractivity contribution in [3.8, 4) is 17.1 Å². The normalized spacial score (nSPS) is 11.6. The number of anilines is 6. The third kappa shape index (κ3) is 8.01. The van der Waals surface area contributed by atoms with Crippen LogP contribution in [0.15, 0.2) is 322 Å². The highest BCUT2D eigenvalue weighted by Crippen LogP contribution is 2.45. The summed E-state index contributed by atoms with van der Waals surface area (Å²) in [5.74, 6) is 0. The van der Waals surface area contributed by atoms with E-state index in [0.29, 0.717) is 0 Å². The van der Waals surface area contributed by atoms with Gasteiger partial charge in [0.25, 0.3) is 0 Å². The van der Waals surface area contributed by atoms with Crippen molar-refractivity contribution >= 4 is 121 Å². The number of fused-ring (bicyclic) bond motifs is 13. The summed E-state index contributed by atoms with van der Waals surface area (Å²) in [4.78, 5) is 4.84. The van der Waals surface area contributed by atoms with Gasteiger partial charge in [-0.15, -0.1) is 0 Å². The van der Waals surface area contributed by atoms with Crippen LogP contribution in [-0.4, -0.2) is 13.7 Å². The second-order valence-electron chi connectivity index (χ2n) is 21.3. The van der Waals surface area contributed by atoms with Crippen molar-refractivity contribution in [2.75, 3.05) is 9.80 Å². The average Bonchev–Trinajstić information content (AvgIpc) is 4.24. The summed E-state index contributed by atoms with van der Waals surface area (Å²) < 4.78 is 7.23. The molecule has 0 aliphatic heterocycles. The van der Waals surface area contributed by atoms with Gasteiger partial charge in [0.2, 0.25) is 0 Å². The van der Waals surface area contributed by atoms with Crippen molar-refractivity contribution in [3.05, 3.63) is 322 Å². The Kier molecular flexibility index (Phi) is 11.5. The van der Waals surface area contributed by atoms with Crippen LogP contribution < -0.4 is 9.80 Å². The van der Waals surface area contributed by atoms with Gasteiger partial charge >= 0.3 is 0 Å². The van der Waals surface area contributed by atoms with Crippen LogP contribution >= 0.6 is 0 Å². The minimum Gasteiger partial charge on any atom is -0.310 e. The summed E-state index contributed by atoms with van der Waals surface area (Å²) in [6, 6.07) is 117. The molecule has 0 N–H and O–H groups in total. The van der Waals surface area contributed by atoms with Gasteiger partial charge in [-0.05, 0) is 167 Å². The van der Waals surface area contributed by atoms with Crippen molar-refractivity contribution in [3.63, 3.8) is 0 Å². The summed E-state index contributed by atoms with van der Waals surface area (Å²) in [6.07, 6.45) is 0. The van der Waals surface area contributed by atoms with Crippen LogP contribution in [0.3, 0.4) is 0 Å². The molecular weight excluding hydrogens is 1010 g/mol. The highest BCUT2D eigenvalue weighted by atomic mass is 15.2. The molecule has 0 unspecified atom stereocenters. The van der Waals surface area contributed by atoms with Gasteiger partial charge in [-0.3, -0.25) is 0 Å². The molecule has 0 atom stereocenters. The Hall–Kier alpha value is -11.1. The van der Waals surface area contributed by atoms with Crippen LogP contribution in [0, 0.1) is 0 Å². The molecule has 0 saturated carbocycles.